The van der Waals surface area contributed by atoms with Gasteiger partial charge in [0.1, 0.15) is 4.90 Å². The number of ether oxygens (including phenoxy) is 1. The summed E-state index contributed by atoms with van der Waals surface area (Å²) in [6.07, 6.45) is 3.89. The number of aromatic nitrogens is 1. The summed E-state index contributed by atoms with van der Waals surface area (Å²) in [6.45, 7) is 4.31. The summed E-state index contributed by atoms with van der Waals surface area (Å²) in [5.41, 5.74) is 1.27. The average molecular weight is 459 g/mol. The Labute approximate surface area is 189 Å². The van der Waals surface area contributed by atoms with Crippen molar-refractivity contribution in [3.8, 4) is 0 Å². The van der Waals surface area contributed by atoms with Crippen molar-refractivity contribution in [2.75, 3.05) is 39.3 Å². The molecule has 2 saturated heterocycles. The molecule has 1 atom stereocenters. The van der Waals surface area contributed by atoms with Crippen LogP contribution in [-0.2, 0) is 26.1 Å². The van der Waals surface area contributed by atoms with E-state index in [0.29, 0.717) is 39.1 Å². The van der Waals surface area contributed by atoms with Crippen LogP contribution in [0.5, 0.6) is 0 Å². The molecule has 0 saturated carbocycles. The van der Waals surface area contributed by atoms with Gasteiger partial charge in [-0.3, -0.25) is 14.7 Å². The zero-order chi connectivity index (χ0) is 22.4. The van der Waals surface area contributed by atoms with E-state index in [1.165, 1.54) is 16.1 Å². The lowest BCUT2D eigenvalue weighted by molar-refractivity contribution is -0.127. The van der Waals surface area contributed by atoms with Crippen LogP contribution < -0.4 is 5.32 Å². The van der Waals surface area contributed by atoms with Crippen LogP contribution in [0.15, 0.2) is 59.8 Å². The standard InChI is InChI=1S/C23H30N4O4S/c28-23(20-8-11-27(12-9-20)32(29,30)22-7-4-10-24-16-22)25-15-21-18-26(13-14-31-21)17-19-5-2-1-3-6-19/h1-7,10,16,20-21H,8-9,11-15,17-18H2,(H,25,28). The smallest absolute Gasteiger partial charge is 0.244 e. The fourth-order valence-electron chi connectivity index (χ4n) is 4.26. The van der Waals surface area contributed by atoms with Crippen LogP contribution in [0.4, 0.5) is 0 Å². The Hall–Kier alpha value is -2.33. The van der Waals surface area contributed by atoms with Crippen LogP contribution in [0.1, 0.15) is 18.4 Å². The van der Waals surface area contributed by atoms with Gasteiger partial charge in [0.05, 0.1) is 12.7 Å². The van der Waals surface area contributed by atoms with Crippen molar-refractivity contribution < 1.29 is 17.9 Å². The van der Waals surface area contributed by atoms with Crippen molar-refractivity contribution in [3.05, 3.63) is 60.4 Å². The molecule has 4 rings (SSSR count). The Balaban J connectivity index is 1.22. The maximum atomic E-state index is 12.7. The Bertz CT molecular complexity index is 980. The molecule has 0 spiro atoms. The second-order valence-corrected chi connectivity index (χ2v) is 10.3. The zero-order valence-corrected chi connectivity index (χ0v) is 18.9. The van der Waals surface area contributed by atoms with Crippen LogP contribution in [-0.4, -0.2) is 73.9 Å². The molecule has 0 bridgehead atoms. The highest BCUT2D eigenvalue weighted by Gasteiger charge is 2.32. The highest BCUT2D eigenvalue weighted by molar-refractivity contribution is 7.89. The van der Waals surface area contributed by atoms with Crippen LogP contribution in [0.25, 0.3) is 0 Å². The van der Waals surface area contributed by atoms with Crippen LogP contribution in [0.2, 0.25) is 0 Å². The maximum absolute atomic E-state index is 12.7. The van der Waals surface area contributed by atoms with Crippen molar-refractivity contribution in [1.82, 2.24) is 19.5 Å². The van der Waals surface area contributed by atoms with Gasteiger partial charge in [-0.1, -0.05) is 30.3 Å². The van der Waals surface area contributed by atoms with E-state index >= 15 is 0 Å². The molecule has 1 unspecified atom stereocenters. The molecule has 2 fully saturated rings. The molecule has 1 aromatic carbocycles. The summed E-state index contributed by atoms with van der Waals surface area (Å²) >= 11 is 0. The molecule has 1 aromatic heterocycles. The van der Waals surface area contributed by atoms with E-state index in [-0.39, 0.29) is 22.8 Å². The molecule has 0 radical (unpaired) electrons. The normalized spacial score (nSPS) is 21.3. The minimum atomic E-state index is -3.56. The van der Waals surface area contributed by atoms with Gasteiger partial charge in [0.25, 0.3) is 0 Å². The number of nitrogens with one attached hydrogen (secondary N) is 1. The third-order valence-corrected chi connectivity index (χ3v) is 7.95. The number of carbonyl (C=O) groups is 1. The molecule has 2 aromatic rings. The highest BCUT2D eigenvalue weighted by Crippen LogP contribution is 2.23. The summed E-state index contributed by atoms with van der Waals surface area (Å²) in [7, 11) is -3.56. The van der Waals surface area contributed by atoms with Gasteiger partial charge >= 0.3 is 0 Å². The Morgan fingerprint density at radius 3 is 2.59 bits per heavy atom. The number of morpholine rings is 1. The molecule has 2 aliphatic heterocycles. The summed E-state index contributed by atoms with van der Waals surface area (Å²) in [5.74, 6) is -0.202. The zero-order valence-electron chi connectivity index (χ0n) is 18.1. The first-order chi connectivity index (χ1) is 15.5. The number of sulfonamides is 1. The second kappa shape index (κ2) is 10.5. The van der Waals surface area contributed by atoms with E-state index in [1.54, 1.807) is 18.3 Å². The van der Waals surface area contributed by atoms with Crippen LogP contribution in [0, 0.1) is 5.92 Å². The van der Waals surface area contributed by atoms with E-state index in [2.05, 4.69) is 27.3 Å². The largest absolute Gasteiger partial charge is 0.374 e. The van der Waals surface area contributed by atoms with Crippen molar-refractivity contribution in [3.63, 3.8) is 0 Å². The number of piperidine rings is 1. The second-order valence-electron chi connectivity index (χ2n) is 8.33. The molecule has 2 aliphatic rings. The quantitative estimate of drug-likeness (QED) is 0.676. The number of nitrogens with zero attached hydrogens (tertiary/aromatic N) is 3. The van der Waals surface area contributed by atoms with Gasteiger partial charge in [0.2, 0.25) is 15.9 Å². The third kappa shape index (κ3) is 5.72. The molecule has 8 nitrogen and oxygen atoms in total. The Kier molecular flexibility index (Phi) is 7.51. The van der Waals surface area contributed by atoms with Crippen molar-refractivity contribution in [2.24, 2.45) is 5.92 Å². The third-order valence-electron chi connectivity index (χ3n) is 6.07. The first-order valence-corrected chi connectivity index (χ1v) is 12.5. The van der Waals surface area contributed by atoms with Crippen molar-refractivity contribution in [1.29, 1.82) is 0 Å². The number of pyridine rings is 1. The first-order valence-electron chi connectivity index (χ1n) is 11.1. The summed E-state index contributed by atoms with van der Waals surface area (Å²) in [6, 6.07) is 13.5. The first kappa shape index (κ1) is 22.8. The predicted molar refractivity (Wildman–Crippen MR) is 120 cm³/mol. The molecule has 3 heterocycles. The summed E-state index contributed by atoms with van der Waals surface area (Å²) in [5, 5.41) is 3.02. The van der Waals surface area contributed by atoms with E-state index in [4.69, 9.17) is 4.74 Å². The molecule has 1 N–H and O–H groups in total. The fourth-order valence-corrected chi connectivity index (χ4v) is 5.69. The number of rotatable bonds is 7. The Morgan fingerprint density at radius 2 is 1.88 bits per heavy atom. The maximum Gasteiger partial charge on any atom is 0.244 e. The number of hydrogen-bond acceptors (Lipinski definition) is 6. The molecule has 9 heteroatoms. The van der Waals surface area contributed by atoms with E-state index in [1.807, 2.05) is 18.2 Å². The molecule has 0 aliphatic carbocycles. The molecule has 32 heavy (non-hydrogen) atoms. The van der Waals surface area contributed by atoms with E-state index < -0.39 is 10.0 Å². The molecule has 1 amide bonds. The Morgan fingerprint density at radius 1 is 1.09 bits per heavy atom. The van der Waals surface area contributed by atoms with Gasteiger partial charge in [-0.25, -0.2) is 8.42 Å². The monoisotopic (exact) mass is 458 g/mol. The lowest BCUT2D eigenvalue weighted by Crippen LogP contribution is -2.49. The van der Waals surface area contributed by atoms with Crippen LogP contribution in [0.3, 0.4) is 0 Å². The predicted octanol–water partition coefficient (Wildman–Crippen LogP) is 1.50. The van der Waals surface area contributed by atoms with Gasteiger partial charge in [-0.2, -0.15) is 4.31 Å². The number of amides is 1. The molecular weight excluding hydrogens is 428 g/mol. The minimum absolute atomic E-state index is 0.0211. The van der Waals surface area contributed by atoms with Gasteiger partial charge in [0.15, 0.2) is 0 Å². The lowest BCUT2D eigenvalue weighted by Gasteiger charge is -2.34. The molecule has 172 valence electrons. The number of carbonyl (C=O) groups excluding carboxylic acids is 1. The van der Waals surface area contributed by atoms with E-state index in [0.717, 1.165) is 19.6 Å². The van der Waals surface area contributed by atoms with E-state index in [9.17, 15) is 13.2 Å². The lowest BCUT2D eigenvalue weighted by atomic mass is 9.97. The van der Waals surface area contributed by atoms with Crippen LogP contribution >= 0.6 is 0 Å². The summed E-state index contributed by atoms with van der Waals surface area (Å²) < 4.78 is 32.7. The van der Waals surface area contributed by atoms with Gasteiger partial charge in [-0.15, -0.1) is 0 Å². The van der Waals surface area contributed by atoms with Gasteiger partial charge in [-0.05, 0) is 30.5 Å². The minimum Gasteiger partial charge on any atom is -0.374 e. The molecular formula is C23H30N4O4S. The van der Waals surface area contributed by atoms with Gasteiger partial charge < -0.3 is 10.1 Å². The van der Waals surface area contributed by atoms with Gasteiger partial charge in [0, 0.05) is 57.6 Å². The summed E-state index contributed by atoms with van der Waals surface area (Å²) in [4.78, 5) is 19.1. The fraction of sp³-hybridized carbons (Fsp3) is 0.478. The van der Waals surface area contributed by atoms with Crippen molar-refractivity contribution >= 4 is 15.9 Å². The number of hydrogen-bond donors (Lipinski definition) is 1. The topological polar surface area (TPSA) is 91.8 Å². The highest BCUT2D eigenvalue weighted by atomic mass is 32.2. The van der Waals surface area contributed by atoms with Crippen molar-refractivity contribution in [2.45, 2.75) is 30.4 Å². The SMILES string of the molecule is O=C(NCC1CN(Cc2ccccc2)CCO1)C1CCN(S(=O)(=O)c2cccnc2)CC1. The number of benzene rings is 1. The average Bonchev–Trinajstić information content (AvgIpc) is 2.84.